The summed E-state index contributed by atoms with van der Waals surface area (Å²) in [6, 6.07) is -0.239. The van der Waals surface area contributed by atoms with Gasteiger partial charge in [0, 0.05) is 35.7 Å². The quantitative estimate of drug-likeness (QED) is 0.259. The topological polar surface area (TPSA) is 134 Å². The van der Waals surface area contributed by atoms with Gasteiger partial charge in [-0.05, 0) is 51.6 Å². The third-order valence-electron chi connectivity index (χ3n) is 7.61. The van der Waals surface area contributed by atoms with E-state index >= 15 is 0 Å². The van der Waals surface area contributed by atoms with E-state index in [-0.39, 0.29) is 29.5 Å². The van der Waals surface area contributed by atoms with Crippen molar-refractivity contribution in [1.29, 1.82) is 5.41 Å². The standard InChI is InChI=1S/C22H35N5O4S/c1-12-17-16(13(2)28)20(29)27(17)18(21(30)31)19(12)32-15-5-7-25(8-6-15)11-14-3-9-26(10-4-14)22(23)24/h12-17,28H,3-11H2,1-2H3,(H3,23,24)(H,30,31)/t12-,13-,16-,17-/m1/s1. The molecule has 0 spiro atoms. The van der Waals surface area contributed by atoms with Crippen LogP contribution in [0.1, 0.15) is 39.5 Å². The zero-order valence-corrected chi connectivity index (χ0v) is 19.7. The minimum absolute atomic E-state index is 0.0621. The summed E-state index contributed by atoms with van der Waals surface area (Å²) in [7, 11) is 0. The van der Waals surface area contributed by atoms with Gasteiger partial charge in [-0.3, -0.25) is 10.2 Å². The Kier molecular flexibility index (Phi) is 6.74. The average molecular weight is 466 g/mol. The van der Waals surface area contributed by atoms with E-state index in [1.807, 2.05) is 11.8 Å². The van der Waals surface area contributed by atoms with Crippen molar-refractivity contribution in [2.75, 3.05) is 32.7 Å². The van der Waals surface area contributed by atoms with Crippen molar-refractivity contribution in [2.24, 2.45) is 23.5 Å². The highest BCUT2D eigenvalue weighted by molar-refractivity contribution is 8.03. The first-order valence-electron chi connectivity index (χ1n) is 11.7. The first-order chi connectivity index (χ1) is 15.2. The molecule has 0 bridgehead atoms. The minimum Gasteiger partial charge on any atom is -0.477 e. The third kappa shape index (κ3) is 4.24. The molecule has 9 nitrogen and oxygen atoms in total. The summed E-state index contributed by atoms with van der Waals surface area (Å²) in [5.74, 6) is -1.08. The molecule has 3 saturated heterocycles. The number of aliphatic carboxylic acids is 1. The molecule has 178 valence electrons. The van der Waals surface area contributed by atoms with E-state index < -0.39 is 18.0 Å². The molecule has 10 heteroatoms. The highest BCUT2D eigenvalue weighted by Crippen LogP contribution is 2.52. The molecule has 4 heterocycles. The number of hydrogen-bond acceptors (Lipinski definition) is 6. The molecule has 0 aromatic carbocycles. The average Bonchev–Trinajstić information content (AvgIpc) is 2.98. The van der Waals surface area contributed by atoms with Crippen LogP contribution < -0.4 is 5.73 Å². The van der Waals surface area contributed by atoms with Crippen LogP contribution >= 0.6 is 11.8 Å². The van der Waals surface area contributed by atoms with E-state index in [4.69, 9.17) is 11.1 Å². The fourth-order valence-corrected chi connectivity index (χ4v) is 7.25. The number of thioether (sulfide) groups is 1. The normalized spacial score (nSPS) is 31.0. The Labute approximate surface area is 193 Å². The summed E-state index contributed by atoms with van der Waals surface area (Å²) in [6.07, 6.45) is 3.36. The fourth-order valence-electron chi connectivity index (χ4n) is 5.79. The number of fused-ring (bicyclic) bond motifs is 1. The Balaban J connectivity index is 1.32. The number of nitrogens with two attached hydrogens (primary N) is 1. The van der Waals surface area contributed by atoms with Crippen molar-refractivity contribution < 1.29 is 19.8 Å². The van der Waals surface area contributed by atoms with Crippen LogP contribution in [0.3, 0.4) is 0 Å². The molecular formula is C22H35N5O4S. The number of hydrogen-bond donors (Lipinski definition) is 4. The first kappa shape index (κ1) is 23.4. The van der Waals surface area contributed by atoms with Crippen LogP contribution in [0.2, 0.25) is 0 Å². The number of likely N-dealkylation sites (tertiary alicyclic amines) is 2. The van der Waals surface area contributed by atoms with Gasteiger partial charge in [-0.25, -0.2) is 4.79 Å². The van der Waals surface area contributed by atoms with Gasteiger partial charge >= 0.3 is 5.97 Å². The third-order valence-corrected chi connectivity index (χ3v) is 9.23. The summed E-state index contributed by atoms with van der Waals surface area (Å²) in [5, 5.41) is 27.7. The second-order valence-electron chi connectivity index (χ2n) is 9.71. The Morgan fingerprint density at radius 2 is 1.84 bits per heavy atom. The number of nitrogens with one attached hydrogen (secondary N) is 1. The fraction of sp³-hybridized carbons (Fsp3) is 0.773. The smallest absolute Gasteiger partial charge is 0.353 e. The number of aliphatic hydroxyl groups is 1. The molecule has 3 fully saturated rings. The Morgan fingerprint density at radius 3 is 2.38 bits per heavy atom. The van der Waals surface area contributed by atoms with Crippen LogP contribution in [0, 0.1) is 23.2 Å². The van der Waals surface area contributed by atoms with Gasteiger partial charge in [0.15, 0.2) is 5.96 Å². The van der Waals surface area contributed by atoms with Crippen LogP contribution in [-0.4, -0.2) is 92.9 Å². The molecule has 32 heavy (non-hydrogen) atoms. The monoisotopic (exact) mass is 465 g/mol. The summed E-state index contributed by atoms with van der Waals surface area (Å²) in [4.78, 5) is 31.2. The zero-order valence-electron chi connectivity index (χ0n) is 18.9. The van der Waals surface area contributed by atoms with Gasteiger partial charge in [-0.2, -0.15) is 0 Å². The molecule has 0 saturated carbocycles. The van der Waals surface area contributed by atoms with Crippen LogP contribution in [0.4, 0.5) is 0 Å². The molecule has 5 N–H and O–H groups in total. The Hall–Kier alpha value is -1.78. The molecule has 4 aliphatic heterocycles. The lowest BCUT2D eigenvalue weighted by atomic mass is 9.79. The van der Waals surface area contributed by atoms with Crippen LogP contribution in [0.5, 0.6) is 0 Å². The van der Waals surface area contributed by atoms with E-state index in [0.29, 0.717) is 11.2 Å². The zero-order chi connectivity index (χ0) is 23.2. The summed E-state index contributed by atoms with van der Waals surface area (Å²) >= 11 is 1.64. The van der Waals surface area contributed by atoms with Gasteiger partial charge < -0.3 is 30.6 Å². The van der Waals surface area contributed by atoms with Gasteiger partial charge in [0.2, 0.25) is 5.91 Å². The summed E-state index contributed by atoms with van der Waals surface area (Å²) in [5.41, 5.74) is 5.72. The number of carbonyl (C=O) groups excluding carboxylic acids is 1. The number of piperidine rings is 2. The molecule has 4 aliphatic rings. The van der Waals surface area contributed by atoms with Gasteiger partial charge in [-0.1, -0.05) is 6.92 Å². The second kappa shape index (κ2) is 9.23. The van der Waals surface area contributed by atoms with E-state index in [1.165, 1.54) is 4.90 Å². The maximum Gasteiger partial charge on any atom is 0.353 e. The number of carbonyl (C=O) groups is 2. The minimum atomic E-state index is -1.05. The number of aliphatic hydroxyl groups excluding tert-OH is 1. The number of amides is 1. The SMILES string of the molecule is C[C@@H](O)[C@H]1C(=O)N2C(C(=O)O)=C(SC3CCN(CC4CCN(C(=N)N)CC4)CC3)[C@H](C)[C@H]12. The van der Waals surface area contributed by atoms with Crippen molar-refractivity contribution in [3.8, 4) is 0 Å². The molecule has 0 aromatic rings. The number of carboxylic acid groups (broad SMARTS) is 1. The molecule has 4 rings (SSSR count). The van der Waals surface area contributed by atoms with Crippen LogP contribution in [0.25, 0.3) is 0 Å². The van der Waals surface area contributed by atoms with E-state index in [2.05, 4.69) is 4.90 Å². The second-order valence-corrected chi connectivity index (χ2v) is 11.0. The Morgan fingerprint density at radius 1 is 1.22 bits per heavy atom. The predicted octanol–water partition coefficient (Wildman–Crippen LogP) is 0.943. The predicted molar refractivity (Wildman–Crippen MR) is 123 cm³/mol. The van der Waals surface area contributed by atoms with Crippen molar-refractivity contribution in [2.45, 2.75) is 56.9 Å². The lowest BCUT2D eigenvalue weighted by Gasteiger charge is -2.46. The van der Waals surface area contributed by atoms with Gasteiger partial charge in [0.25, 0.3) is 0 Å². The summed E-state index contributed by atoms with van der Waals surface area (Å²) < 4.78 is 0. The number of rotatable bonds is 6. The number of nitrogens with zero attached hydrogens (tertiary/aromatic N) is 3. The maximum atomic E-state index is 12.5. The van der Waals surface area contributed by atoms with Crippen molar-refractivity contribution in [1.82, 2.24) is 14.7 Å². The lowest BCUT2D eigenvalue weighted by Crippen LogP contribution is -2.63. The maximum absolute atomic E-state index is 12.5. The lowest BCUT2D eigenvalue weighted by molar-refractivity contribution is -0.163. The highest BCUT2D eigenvalue weighted by Gasteiger charge is 2.60. The molecule has 4 atom stereocenters. The first-order valence-corrected chi connectivity index (χ1v) is 12.5. The molecule has 0 radical (unpaired) electrons. The molecular weight excluding hydrogens is 430 g/mol. The number of guanidine groups is 1. The largest absolute Gasteiger partial charge is 0.477 e. The van der Waals surface area contributed by atoms with Gasteiger partial charge in [0.05, 0.1) is 18.1 Å². The van der Waals surface area contributed by atoms with Gasteiger partial charge in [0.1, 0.15) is 5.70 Å². The van der Waals surface area contributed by atoms with E-state index in [1.54, 1.807) is 18.7 Å². The molecule has 1 amide bonds. The molecule has 0 aliphatic carbocycles. The number of carboxylic acids is 1. The number of β-lactam (4-membered cyclic amide) rings is 1. The molecule has 0 aromatic heterocycles. The van der Waals surface area contributed by atoms with Crippen molar-refractivity contribution in [3.05, 3.63) is 10.6 Å². The molecule has 0 unspecified atom stereocenters. The van der Waals surface area contributed by atoms with Crippen LogP contribution in [-0.2, 0) is 9.59 Å². The van der Waals surface area contributed by atoms with Crippen LogP contribution in [0.15, 0.2) is 10.6 Å². The van der Waals surface area contributed by atoms with Crippen molar-refractivity contribution in [3.63, 3.8) is 0 Å². The van der Waals surface area contributed by atoms with Gasteiger partial charge in [-0.15, -0.1) is 11.8 Å². The highest BCUT2D eigenvalue weighted by atomic mass is 32.2. The summed E-state index contributed by atoms with van der Waals surface area (Å²) in [6.45, 7) is 8.38. The van der Waals surface area contributed by atoms with E-state index in [9.17, 15) is 19.8 Å². The van der Waals surface area contributed by atoms with Crippen molar-refractivity contribution >= 4 is 29.6 Å². The van der Waals surface area contributed by atoms with E-state index in [0.717, 1.165) is 63.3 Å². The Bertz CT molecular complexity index is 802.